The second kappa shape index (κ2) is 9.28. The third-order valence-electron chi connectivity index (χ3n) is 2.91. The fraction of sp³-hybridized carbons (Fsp3) is 0.846. The SMILES string of the molecule is CC(C)CCN(C)CCC(=O)N(C)CCC(N)=S. The Morgan fingerprint density at radius 3 is 2.28 bits per heavy atom. The third-order valence-corrected chi connectivity index (χ3v) is 3.12. The van der Waals surface area contributed by atoms with Crippen molar-refractivity contribution >= 4 is 23.1 Å². The van der Waals surface area contributed by atoms with Gasteiger partial charge in [0.05, 0.1) is 4.99 Å². The van der Waals surface area contributed by atoms with Gasteiger partial charge in [0.2, 0.25) is 5.91 Å². The van der Waals surface area contributed by atoms with Crippen LogP contribution in [0.25, 0.3) is 0 Å². The molecule has 0 heterocycles. The number of hydrogen-bond acceptors (Lipinski definition) is 3. The molecule has 0 aliphatic heterocycles. The number of amides is 1. The molecule has 0 aromatic carbocycles. The highest BCUT2D eigenvalue weighted by Crippen LogP contribution is 2.02. The molecule has 1 amide bonds. The standard InChI is InChI=1S/C13H27N3OS/c1-11(2)5-8-15(3)9-7-13(17)16(4)10-6-12(14)18/h11H,5-10H2,1-4H3,(H2,14,18). The minimum atomic E-state index is 0.155. The van der Waals surface area contributed by atoms with Crippen molar-refractivity contribution in [1.82, 2.24) is 9.80 Å². The van der Waals surface area contributed by atoms with Gasteiger partial charge in [-0.05, 0) is 25.9 Å². The molecule has 0 aromatic rings. The summed E-state index contributed by atoms with van der Waals surface area (Å²) in [5.41, 5.74) is 5.42. The van der Waals surface area contributed by atoms with Crippen LogP contribution in [-0.4, -0.2) is 54.4 Å². The minimum Gasteiger partial charge on any atom is -0.393 e. The summed E-state index contributed by atoms with van der Waals surface area (Å²) in [6, 6.07) is 0. The maximum absolute atomic E-state index is 11.8. The predicted octanol–water partition coefficient (Wildman–Crippen LogP) is 1.49. The molecule has 0 aliphatic rings. The second-order valence-electron chi connectivity index (χ2n) is 5.27. The quantitative estimate of drug-likeness (QED) is 0.647. The van der Waals surface area contributed by atoms with Crippen molar-refractivity contribution in [1.29, 1.82) is 0 Å². The fourth-order valence-corrected chi connectivity index (χ4v) is 1.56. The Hall–Kier alpha value is -0.680. The van der Waals surface area contributed by atoms with Crippen LogP contribution in [0.15, 0.2) is 0 Å². The molecule has 0 aromatic heterocycles. The van der Waals surface area contributed by atoms with Crippen LogP contribution in [0.4, 0.5) is 0 Å². The molecule has 5 heteroatoms. The van der Waals surface area contributed by atoms with E-state index < -0.39 is 0 Å². The Morgan fingerprint density at radius 1 is 1.17 bits per heavy atom. The molecule has 0 rings (SSSR count). The van der Waals surface area contributed by atoms with Crippen molar-refractivity contribution in [2.24, 2.45) is 11.7 Å². The Balaban J connectivity index is 3.77. The number of nitrogens with two attached hydrogens (primary N) is 1. The van der Waals surface area contributed by atoms with Gasteiger partial charge in [-0.25, -0.2) is 0 Å². The van der Waals surface area contributed by atoms with E-state index in [0.717, 1.165) is 13.1 Å². The van der Waals surface area contributed by atoms with Crippen molar-refractivity contribution in [2.75, 3.05) is 33.7 Å². The van der Waals surface area contributed by atoms with Crippen molar-refractivity contribution in [3.63, 3.8) is 0 Å². The summed E-state index contributed by atoms with van der Waals surface area (Å²) < 4.78 is 0. The first-order chi connectivity index (χ1) is 8.32. The molecule has 0 saturated heterocycles. The van der Waals surface area contributed by atoms with Crippen LogP contribution in [0.3, 0.4) is 0 Å². The number of nitrogens with zero attached hydrogens (tertiary/aromatic N) is 2. The van der Waals surface area contributed by atoms with Crippen molar-refractivity contribution in [3.8, 4) is 0 Å². The lowest BCUT2D eigenvalue weighted by Gasteiger charge is -2.20. The topological polar surface area (TPSA) is 49.6 Å². The number of hydrogen-bond donors (Lipinski definition) is 1. The molecule has 0 saturated carbocycles. The van der Waals surface area contributed by atoms with E-state index in [1.54, 1.807) is 11.9 Å². The number of carbonyl (C=O) groups excluding carboxylic acids is 1. The Morgan fingerprint density at radius 2 is 1.78 bits per heavy atom. The zero-order chi connectivity index (χ0) is 14.1. The van der Waals surface area contributed by atoms with E-state index in [1.165, 1.54) is 6.42 Å². The van der Waals surface area contributed by atoms with Gasteiger partial charge >= 0.3 is 0 Å². The van der Waals surface area contributed by atoms with E-state index in [1.807, 2.05) is 0 Å². The molecule has 0 fully saturated rings. The van der Waals surface area contributed by atoms with E-state index in [0.29, 0.717) is 30.3 Å². The maximum atomic E-state index is 11.8. The first kappa shape index (κ1) is 17.3. The molecule has 0 unspecified atom stereocenters. The zero-order valence-corrected chi connectivity index (χ0v) is 12.9. The van der Waals surface area contributed by atoms with Gasteiger partial charge in [0.15, 0.2) is 0 Å². The summed E-state index contributed by atoms with van der Waals surface area (Å²) in [6.45, 7) is 6.89. The van der Waals surface area contributed by atoms with E-state index in [-0.39, 0.29) is 5.91 Å². The lowest BCUT2D eigenvalue weighted by atomic mass is 10.1. The highest BCUT2D eigenvalue weighted by molar-refractivity contribution is 7.80. The van der Waals surface area contributed by atoms with Crippen LogP contribution in [0, 0.1) is 5.92 Å². The van der Waals surface area contributed by atoms with Gasteiger partial charge in [0, 0.05) is 33.0 Å². The van der Waals surface area contributed by atoms with Crippen LogP contribution >= 0.6 is 12.2 Å². The van der Waals surface area contributed by atoms with Gasteiger partial charge in [0.1, 0.15) is 0 Å². The normalized spacial score (nSPS) is 11.0. The molecule has 0 atom stereocenters. The van der Waals surface area contributed by atoms with Crippen LogP contribution in [-0.2, 0) is 4.79 Å². The molecule has 0 spiro atoms. The Labute approximate surface area is 116 Å². The lowest BCUT2D eigenvalue weighted by molar-refractivity contribution is -0.130. The molecule has 106 valence electrons. The average molecular weight is 273 g/mol. The van der Waals surface area contributed by atoms with Gasteiger partial charge < -0.3 is 15.5 Å². The highest BCUT2D eigenvalue weighted by Gasteiger charge is 2.10. The van der Waals surface area contributed by atoms with Gasteiger partial charge in [-0.2, -0.15) is 0 Å². The molecule has 4 nitrogen and oxygen atoms in total. The van der Waals surface area contributed by atoms with Gasteiger partial charge in [-0.3, -0.25) is 4.79 Å². The predicted molar refractivity (Wildman–Crippen MR) is 80.6 cm³/mol. The summed E-state index contributed by atoms with van der Waals surface area (Å²) in [4.78, 5) is 16.2. The van der Waals surface area contributed by atoms with E-state index in [2.05, 4.69) is 25.8 Å². The van der Waals surface area contributed by atoms with E-state index >= 15 is 0 Å². The third kappa shape index (κ3) is 9.36. The van der Waals surface area contributed by atoms with Gasteiger partial charge in [-0.15, -0.1) is 0 Å². The summed E-state index contributed by atoms with van der Waals surface area (Å²) in [5, 5.41) is 0. The number of rotatable bonds is 9. The van der Waals surface area contributed by atoms with Crippen LogP contribution in [0.1, 0.15) is 33.1 Å². The number of carbonyl (C=O) groups is 1. The average Bonchev–Trinajstić information content (AvgIpc) is 2.30. The molecular weight excluding hydrogens is 246 g/mol. The summed E-state index contributed by atoms with van der Waals surface area (Å²) >= 11 is 4.80. The first-order valence-corrected chi connectivity index (χ1v) is 6.94. The van der Waals surface area contributed by atoms with Gasteiger partial charge in [-0.1, -0.05) is 26.1 Å². The van der Waals surface area contributed by atoms with Crippen LogP contribution in [0.5, 0.6) is 0 Å². The zero-order valence-electron chi connectivity index (χ0n) is 12.1. The van der Waals surface area contributed by atoms with E-state index in [4.69, 9.17) is 18.0 Å². The summed E-state index contributed by atoms with van der Waals surface area (Å²) in [6.07, 6.45) is 2.32. The van der Waals surface area contributed by atoms with Crippen molar-refractivity contribution in [2.45, 2.75) is 33.1 Å². The molecule has 0 aliphatic carbocycles. The summed E-state index contributed by atoms with van der Waals surface area (Å²) in [5.74, 6) is 0.860. The molecule has 0 radical (unpaired) electrons. The Bertz CT molecular complexity index is 269. The molecule has 18 heavy (non-hydrogen) atoms. The van der Waals surface area contributed by atoms with Gasteiger partial charge in [0.25, 0.3) is 0 Å². The number of thiocarbonyl (C=S) groups is 1. The fourth-order valence-electron chi connectivity index (χ4n) is 1.47. The second-order valence-corrected chi connectivity index (χ2v) is 5.79. The van der Waals surface area contributed by atoms with E-state index in [9.17, 15) is 4.79 Å². The van der Waals surface area contributed by atoms with Crippen molar-refractivity contribution in [3.05, 3.63) is 0 Å². The van der Waals surface area contributed by atoms with Crippen LogP contribution < -0.4 is 5.73 Å². The molecular formula is C13H27N3OS. The molecule has 2 N–H and O–H groups in total. The lowest BCUT2D eigenvalue weighted by Crippen LogP contribution is -2.33. The summed E-state index contributed by atoms with van der Waals surface area (Å²) in [7, 11) is 3.86. The van der Waals surface area contributed by atoms with Crippen LogP contribution in [0.2, 0.25) is 0 Å². The van der Waals surface area contributed by atoms with Crippen molar-refractivity contribution < 1.29 is 4.79 Å². The highest BCUT2D eigenvalue weighted by atomic mass is 32.1. The first-order valence-electron chi connectivity index (χ1n) is 6.53. The smallest absolute Gasteiger partial charge is 0.223 e. The minimum absolute atomic E-state index is 0.155. The monoisotopic (exact) mass is 273 g/mol. The maximum Gasteiger partial charge on any atom is 0.223 e. The molecule has 0 bridgehead atoms. The largest absolute Gasteiger partial charge is 0.393 e. The Kier molecular flexibility index (Phi) is 8.93.